The van der Waals surface area contributed by atoms with E-state index in [0.717, 1.165) is 0 Å². The number of para-hydroxylation sites is 2. The number of hydrogen-bond donors (Lipinski definition) is 1. The molecule has 0 fully saturated rings. The van der Waals surface area contributed by atoms with Crippen LogP contribution in [-0.4, -0.2) is 42.7 Å². The maximum atomic E-state index is 11.8. The van der Waals surface area contributed by atoms with E-state index in [1.54, 1.807) is 30.5 Å². The van der Waals surface area contributed by atoms with E-state index in [4.69, 9.17) is 14.2 Å². The van der Waals surface area contributed by atoms with Crippen molar-refractivity contribution in [2.24, 2.45) is 0 Å². The Morgan fingerprint density at radius 2 is 2.00 bits per heavy atom. The minimum Gasteiger partial charge on any atom is -0.486 e. The van der Waals surface area contributed by atoms with Crippen molar-refractivity contribution < 1.29 is 23.8 Å². The number of pyridine rings is 1. The van der Waals surface area contributed by atoms with E-state index in [1.165, 1.54) is 12.2 Å². The summed E-state index contributed by atoms with van der Waals surface area (Å²) in [6, 6.07) is 12.7. The maximum absolute atomic E-state index is 11.8. The molecular weight excluding hydrogens is 336 g/mol. The largest absolute Gasteiger partial charge is 0.486 e. The molecule has 1 aromatic heterocycles. The van der Waals surface area contributed by atoms with E-state index >= 15 is 0 Å². The molecule has 1 unspecified atom stereocenters. The van der Waals surface area contributed by atoms with Crippen LogP contribution in [0.2, 0.25) is 0 Å². The van der Waals surface area contributed by atoms with E-state index in [9.17, 15) is 9.59 Å². The molecule has 26 heavy (non-hydrogen) atoms. The lowest BCUT2D eigenvalue weighted by atomic mass is 10.2. The molecule has 0 spiro atoms. The first-order valence-electron chi connectivity index (χ1n) is 8.12. The van der Waals surface area contributed by atoms with Gasteiger partial charge in [-0.1, -0.05) is 18.2 Å². The van der Waals surface area contributed by atoms with Gasteiger partial charge in [0, 0.05) is 12.3 Å². The zero-order valence-electron chi connectivity index (χ0n) is 14.0. The summed E-state index contributed by atoms with van der Waals surface area (Å²) in [4.78, 5) is 27.4. The Kier molecular flexibility index (Phi) is 5.82. The van der Waals surface area contributed by atoms with Crippen LogP contribution in [0.4, 0.5) is 0 Å². The van der Waals surface area contributed by atoms with Gasteiger partial charge in [-0.05, 0) is 30.3 Å². The van der Waals surface area contributed by atoms with E-state index < -0.39 is 11.9 Å². The van der Waals surface area contributed by atoms with E-state index in [0.29, 0.717) is 23.8 Å². The normalized spacial score (nSPS) is 15.5. The molecule has 0 radical (unpaired) electrons. The van der Waals surface area contributed by atoms with Crippen LogP contribution in [0, 0.1) is 0 Å². The smallest absolute Gasteiger partial charge is 0.331 e. The number of carbonyl (C=O) groups excluding carboxylic acids is 2. The molecular formula is C19H18N2O5. The number of amides is 1. The molecule has 1 atom stereocenters. The molecule has 1 amide bonds. The Morgan fingerprint density at radius 1 is 1.19 bits per heavy atom. The molecule has 0 saturated heterocycles. The summed E-state index contributed by atoms with van der Waals surface area (Å²) in [5.74, 6) is 0.303. The minimum absolute atomic E-state index is 0.258. The van der Waals surface area contributed by atoms with Crippen LogP contribution >= 0.6 is 0 Å². The van der Waals surface area contributed by atoms with Gasteiger partial charge in [0.2, 0.25) is 0 Å². The van der Waals surface area contributed by atoms with Gasteiger partial charge in [0.25, 0.3) is 5.91 Å². The van der Waals surface area contributed by atoms with Gasteiger partial charge in [-0.3, -0.25) is 9.78 Å². The van der Waals surface area contributed by atoms with E-state index in [1.807, 2.05) is 18.2 Å². The molecule has 0 saturated carbocycles. The molecule has 7 nitrogen and oxygen atoms in total. The molecule has 7 heteroatoms. The van der Waals surface area contributed by atoms with Crippen molar-refractivity contribution in [2.75, 3.05) is 19.8 Å². The lowest BCUT2D eigenvalue weighted by molar-refractivity contribution is -0.143. The number of nitrogens with one attached hydrogen (secondary N) is 1. The van der Waals surface area contributed by atoms with Crippen LogP contribution in [0.5, 0.6) is 11.5 Å². The van der Waals surface area contributed by atoms with Crippen molar-refractivity contribution in [3.8, 4) is 11.5 Å². The molecule has 1 aliphatic heterocycles. The van der Waals surface area contributed by atoms with Gasteiger partial charge >= 0.3 is 5.97 Å². The minimum atomic E-state index is -0.614. The van der Waals surface area contributed by atoms with Gasteiger partial charge in [0.05, 0.1) is 12.2 Å². The lowest BCUT2D eigenvalue weighted by Gasteiger charge is -2.26. The Bertz CT molecular complexity index is 792. The molecule has 0 aliphatic carbocycles. The van der Waals surface area contributed by atoms with E-state index in [2.05, 4.69) is 10.3 Å². The van der Waals surface area contributed by atoms with Crippen molar-refractivity contribution in [3.63, 3.8) is 0 Å². The van der Waals surface area contributed by atoms with Gasteiger partial charge in [0.1, 0.15) is 12.7 Å². The molecule has 0 bridgehead atoms. The Hall–Kier alpha value is -3.35. The number of esters is 1. The fourth-order valence-corrected chi connectivity index (χ4v) is 2.26. The number of ether oxygens (including phenoxy) is 3. The van der Waals surface area contributed by atoms with Crippen molar-refractivity contribution in [1.82, 2.24) is 10.3 Å². The number of aromatic nitrogens is 1. The van der Waals surface area contributed by atoms with Gasteiger partial charge in [-0.15, -0.1) is 0 Å². The van der Waals surface area contributed by atoms with Gasteiger partial charge in [-0.25, -0.2) is 4.79 Å². The average molecular weight is 354 g/mol. The Morgan fingerprint density at radius 3 is 2.81 bits per heavy atom. The average Bonchev–Trinajstić information content (AvgIpc) is 2.69. The van der Waals surface area contributed by atoms with Crippen LogP contribution in [0.15, 0.2) is 54.7 Å². The molecule has 134 valence electrons. The second kappa shape index (κ2) is 8.66. The van der Waals surface area contributed by atoms with Gasteiger partial charge in [0.15, 0.2) is 18.1 Å². The lowest BCUT2D eigenvalue weighted by Crippen LogP contribution is -2.42. The van der Waals surface area contributed by atoms with Crippen molar-refractivity contribution >= 4 is 18.0 Å². The summed E-state index contributed by atoms with van der Waals surface area (Å²) in [6.45, 7) is 0.230. The monoisotopic (exact) mass is 354 g/mol. The Balaban J connectivity index is 1.37. The molecule has 1 aliphatic rings. The summed E-state index contributed by atoms with van der Waals surface area (Å²) in [7, 11) is 0. The van der Waals surface area contributed by atoms with Crippen molar-refractivity contribution in [3.05, 3.63) is 60.4 Å². The number of carbonyl (C=O) groups is 2. The number of rotatable bonds is 6. The summed E-state index contributed by atoms with van der Waals surface area (Å²) in [6.07, 6.45) is 4.07. The SMILES string of the molecule is O=C(COC(=O)/C=C/c1ccccn1)NCC1COc2ccccc2O1. The second-order valence-corrected chi connectivity index (χ2v) is 5.50. The highest BCUT2D eigenvalue weighted by Gasteiger charge is 2.21. The highest BCUT2D eigenvalue weighted by atomic mass is 16.6. The molecule has 1 aromatic carbocycles. The first-order chi connectivity index (χ1) is 12.7. The third kappa shape index (κ3) is 5.07. The summed E-state index contributed by atoms with van der Waals surface area (Å²) in [5.41, 5.74) is 0.628. The number of benzene rings is 1. The predicted molar refractivity (Wildman–Crippen MR) is 93.6 cm³/mol. The zero-order valence-corrected chi connectivity index (χ0v) is 14.0. The summed E-state index contributed by atoms with van der Waals surface area (Å²) >= 11 is 0. The van der Waals surface area contributed by atoms with Crippen LogP contribution in [0.1, 0.15) is 5.69 Å². The fraction of sp³-hybridized carbons (Fsp3) is 0.211. The fourth-order valence-electron chi connectivity index (χ4n) is 2.26. The van der Waals surface area contributed by atoms with Crippen molar-refractivity contribution in [2.45, 2.75) is 6.10 Å². The molecule has 2 heterocycles. The Labute approximate surface area is 150 Å². The summed E-state index contributed by atoms with van der Waals surface area (Å²) < 4.78 is 16.2. The number of hydrogen-bond acceptors (Lipinski definition) is 6. The molecule has 2 aromatic rings. The van der Waals surface area contributed by atoms with Crippen LogP contribution in [0.3, 0.4) is 0 Å². The second-order valence-electron chi connectivity index (χ2n) is 5.50. The van der Waals surface area contributed by atoms with Crippen LogP contribution < -0.4 is 14.8 Å². The first-order valence-corrected chi connectivity index (χ1v) is 8.12. The molecule has 3 rings (SSSR count). The highest BCUT2D eigenvalue weighted by molar-refractivity contribution is 5.89. The molecule has 1 N–H and O–H groups in total. The standard InChI is InChI=1S/C19H18N2O5/c22-18(13-25-19(23)9-8-14-5-3-4-10-20-14)21-11-15-12-24-16-6-1-2-7-17(16)26-15/h1-10,15H,11-13H2,(H,21,22)/b9-8+. The zero-order chi connectivity index (χ0) is 18.2. The number of nitrogens with zero attached hydrogens (tertiary/aromatic N) is 1. The maximum Gasteiger partial charge on any atom is 0.331 e. The first kappa shape index (κ1) is 17.5. The van der Waals surface area contributed by atoms with Gasteiger partial charge < -0.3 is 19.5 Å². The van der Waals surface area contributed by atoms with Crippen LogP contribution in [0.25, 0.3) is 6.08 Å². The predicted octanol–water partition coefficient (Wildman–Crippen LogP) is 1.59. The van der Waals surface area contributed by atoms with Gasteiger partial charge in [-0.2, -0.15) is 0 Å². The quantitative estimate of drug-likeness (QED) is 0.626. The van der Waals surface area contributed by atoms with Crippen molar-refractivity contribution in [1.29, 1.82) is 0 Å². The van der Waals surface area contributed by atoms with Crippen LogP contribution in [-0.2, 0) is 14.3 Å². The third-order valence-electron chi connectivity index (χ3n) is 3.52. The highest BCUT2D eigenvalue weighted by Crippen LogP contribution is 2.30. The topological polar surface area (TPSA) is 86.8 Å². The summed E-state index contributed by atoms with van der Waals surface area (Å²) in [5, 5.41) is 2.65. The third-order valence-corrected chi connectivity index (χ3v) is 3.52. The number of fused-ring (bicyclic) bond motifs is 1. The van der Waals surface area contributed by atoms with E-state index in [-0.39, 0.29) is 19.3 Å².